The predicted octanol–water partition coefficient (Wildman–Crippen LogP) is 5.32. The molecular weight excluding hydrogens is 354 g/mol. The molecule has 0 atom stereocenters. The quantitative estimate of drug-likeness (QED) is 0.519. The van der Waals surface area contributed by atoms with Crippen molar-refractivity contribution >= 4 is 5.69 Å². The number of aryl methyl sites for hydroxylation is 1. The highest BCUT2D eigenvalue weighted by Crippen LogP contribution is 2.25. The first kappa shape index (κ1) is 19.6. The van der Waals surface area contributed by atoms with Gasteiger partial charge in [0.2, 0.25) is 5.69 Å². The van der Waals surface area contributed by atoms with Gasteiger partial charge in [0.25, 0.3) is 0 Å². The van der Waals surface area contributed by atoms with Crippen LogP contribution in [-0.2, 0) is 6.54 Å². The molecule has 0 spiro atoms. The second-order valence-electron chi connectivity index (χ2n) is 8.25. The van der Waals surface area contributed by atoms with Crippen molar-refractivity contribution in [3.05, 3.63) is 73.3 Å². The summed E-state index contributed by atoms with van der Waals surface area (Å²) in [7, 11) is 0. The average molecular weight is 388 g/mol. The third kappa shape index (κ3) is 5.23. The van der Waals surface area contributed by atoms with E-state index < -0.39 is 0 Å². The summed E-state index contributed by atoms with van der Waals surface area (Å²) >= 11 is 0. The van der Waals surface area contributed by atoms with Crippen molar-refractivity contribution in [2.24, 2.45) is 5.92 Å². The summed E-state index contributed by atoms with van der Waals surface area (Å²) in [5.74, 6) is 0.857. The van der Waals surface area contributed by atoms with E-state index in [4.69, 9.17) is 0 Å². The molecule has 2 heterocycles. The van der Waals surface area contributed by atoms with Gasteiger partial charge in [-0.2, -0.15) is 4.57 Å². The first-order valence-corrected chi connectivity index (χ1v) is 11.2. The molecule has 29 heavy (non-hydrogen) atoms. The normalized spacial score (nSPS) is 14.2. The van der Waals surface area contributed by atoms with E-state index in [-0.39, 0.29) is 0 Å². The number of unbranched alkanes of at least 4 members (excludes halogenated alkanes) is 1. The summed E-state index contributed by atoms with van der Waals surface area (Å²) in [6, 6.07) is 17.6. The van der Waals surface area contributed by atoms with E-state index in [1.54, 1.807) is 0 Å². The number of rotatable bonds is 8. The lowest BCUT2D eigenvalue weighted by atomic mass is 10.1. The SMILES string of the molecule is CCCC[n+]1ccc(-c2cc[n+](-c3ccc(NCC4CCCC4)cc3)cc2)cc1. The molecule has 3 aromatic rings. The van der Waals surface area contributed by atoms with Crippen molar-refractivity contribution in [3.63, 3.8) is 0 Å². The summed E-state index contributed by atoms with van der Waals surface area (Å²) < 4.78 is 4.44. The van der Waals surface area contributed by atoms with E-state index in [2.05, 4.69) is 94.7 Å². The molecule has 3 nitrogen and oxygen atoms in total. The van der Waals surface area contributed by atoms with Crippen molar-refractivity contribution in [2.45, 2.75) is 52.0 Å². The van der Waals surface area contributed by atoms with E-state index >= 15 is 0 Å². The fraction of sp³-hybridized carbons (Fsp3) is 0.385. The lowest BCUT2D eigenvalue weighted by Gasteiger charge is -2.11. The minimum atomic E-state index is 0.857. The zero-order valence-corrected chi connectivity index (χ0v) is 17.6. The van der Waals surface area contributed by atoms with Crippen LogP contribution in [0.2, 0.25) is 0 Å². The van der Waals surface area contributed by atoms with Gasteiger partial charge in [-0.15, -0.1) is 0 Å². The van der Waals surface area contributed by atoms with Gasteiger partial charge in [-0.05, 0) is 42.0 Å². The predicted molar refractivity (Wildman–Crippen MR) is 119 cm³/mol. The standard InChI is InChI=1S/C26H32N3/c1-2-3-16-28-17-12-23(13-18-28)24-14-19-29(20-15-24)26-10-8-25(9-11-26)27-21-22-6-4-5-7-22/h8-15,17-20,22H,2-7,16,21H2,1H3/q+1/p+1. The molecule has 1 saturated carbocycles. The molecule has 1 aromatic carbocycles. The lowest BCUT2D eigenvalue weighted by Crippen LogP contribution is -2.32. The summed E-state index contributed by atoms with van der Waals surface area (Å²) in [5, 5.41) is 3.60. The zero-order valence-electron chi connectivity index (χ0n) is 17.6. The average Bonchev–Trinajstić information content (AvgIpc) is 3.31. The van der Waals surface area contributed by atoms with Crippen LogP contribution in [0.4, 0.5) is 5.69 Å². The van der Waals surface area contributed by atoms with Gasteiger partial charge in [0.05, 0.1) is 0 Å². The summed E-state index contributed by atoms with van der Waals surface area (Å²) in [4.78, 5) is 0. The second kappa shape index (κ2) is 9.69. The number of benzene rings is 1. The number of aromatic nitrogens is 2. The highest BCUT2D eigenvalue weighted by atomic mass is 14.9. The van der Waals surface area contributed by atoms with Crippen LogP contribution < -0.4 is 14.5 Å². The Labute approximate surface area is 175 Å². The maximum Gasteiger partial charge on any atom is 0.210 e. The highest BCUT2D eigenvalue weighted by Gasteiger charge is 2.14. The van der Waals surface area contributed by atoms with Crippen LogP contribution in [0.1, 0.15) is 45.4 Å². The number of nitrogens with zero attached hydrogens (tertiary/aromatic N) is 2. The van der Waals surface area contributed by atoms with E-state index in [1.165, 1.54) is 61.0 Å². The Bertz CT molecular complexity index is 877. The van der Waals surface area contributed by atoms with Gasteiger partial charge in [-0.25, -0.2) is 4.57 Å². The maximum absolute atomic E-state index is 3.60. The minimum absolute atomic E-state index is 0.857. The zero-order chi connectivity index (χ0) is 19.9. The largest absolute Gasteiger partial charge is 0.385 e. The van der Waals surface area contributed by atoms with Crippen LogP contribution in [-0.4, -0.2) is 6.54 Å². The van der Waals surface area contributed by atoms with Gasteiger partial charge >= 0.3 is 0 Å². The Morgan fingerprint density at radius 1 is 0.828 bits per heavy atom. The van der Waals surface area contributed by atoms with Crippen LogP contribution in [0.3, 0.4) is 0 Å². The molecule has 0 bridgehead atoms. The lowest BCUT2D eigenvalue weighted by molar-refractivity contribution is -0.697. The molecule has 0 unspecified atom stereocenters. The topological polar surface area (TPSA) is 19.8 Å². The molecule has 0 amide bonds. The molecule has 0 radical (unpaired) electrons. The fourth-order valence-corrected chi connectivity index (χ4v) is 4.16. The first-order chi connectivity index (χ1) is 14.3. The van der Waals surface area contributed by atoms with Crippen molar-refractivity contribution in [2.75, 3.05) is 11.9 Å². The van der Waals surface area contributed by atoms with Crippen molar-refractivity contribution in [1.82, 2.24) is 0 Å². The summed E-state index contributed by atoms with van der Waals surface area (Å²) in [5.41, 5.74) is 4.92. The Hall–Kier alpha value is -2.68. The van der Waals surface area contributed by atoms with Crippen LogP contribution in [0.15, 0.2) is 73.3 Å². The van der Waals surface area contributed by atoms with E-state index in [9.17, 15) is 0 Å². The Balaban J connectivity index is 1.38. The van der Waals surface area contributed by atoms with Gasteiger partial charge in [0.15, 0.2) is 24.8 Å². The van der Waals surface area contributed by atoms with Crippen LogP contribution in [0.5, 0.6) is 0 Å². The van der Waals surface area contributed by atoms with Gasteiger partial charge in [-0.1, -0.05) is 26.2 Å². The van der Waals surface area contributed by atoms with Crippen molar-refractivity contribution < 1.29 is 9.13 Å². The fourth-order valence-electron chi connectivity index (χ4n) is 4.16. The Morgan fingerprint density at radius 3 is 2.07 bits per heavy atom. The van der Waals surface area contributed by atoms with Crippen LogP contribution >= 0.6 is 0 Å². The third-order valence-electron chi connectivity index (χ3n) is 6.06. The van der Waals surface area contributed by atoms with E-state index in [0.717, 1.165) is 19.0 Å². The molecule has 2 aromatic heterocycles. The van der Waals surface area contributed by atoms with E-state index in [0.29, 0.717) is 0 Å². The molecule has 4 rings (SSSR count). The van der Waals surface area contributed by atoms with Crippen LogP contribution in [0.25, 0.3) is 16.8 Å². The number of pyridine rings is 2. The second-order valence-corrected chi connectivity index (χ2v) is 8.25. The molecule has 150 valence electrons. The molecule has 1 aliphatic rings. The Kier molecular flexibility index (Phi) is 6.56. The first-order valence-electron chi connectivity index (χ1n) is 11.2. The van der Waals surface area contributed by atoms with E-state index in [1.807, 2.05) is 0 Å². The minimum Gasteiger partial charge on any atom is -0.385 e. The molecule has 1 aliphatic carbocycles. The molecule has 1 N–H and O–H groups in total. The molecule has 3 heteroatoms. The number of hydrogen-bond donors (Lipinski definition) is 1. The van der Waals surface area contributed by atoms with Crippen LogP contribution in [0, 0.1) is 5.92 Å². The number of hydrogen-bond acceptors (Lipinski definition) is 1. The highest BCUT2D eigenvalue weighted by molar-refractivity contribution is 5.61. The van der Waals surface area contributed by atoms with Crippen molar-refractivity contribution in [3.8, 4) is 16.8 Å². The van der Waals surface area contributed by atoms with Crippen molar-refractivity contribution in [1.29, 1.82) is 0 Å². The molecule has 1 fully saturated rings. The molecule has 0 saturated heterocycles. The summed E-state index contributed by atoms with van der Waals surface area (Å²) in [6.45, 7) is 4.43. The number of anilines is 1. The smallest absolute Gasteiger partial charge is 0.210 e. The number of nitrogens with one attached hydrogen (secondary N) is 1. The summed E-state index contributed by atoms with van der Waals surface area (Å²) in [6.07, 6.45) is 16.7. The molecular formula is C26H33N3+2. The van der Waals surface area contributed by atoms with Gasteiger partial charge in [0, 0.05) is 55.1 Å². The van der Waals surface area contributed by atoms with Gasteiger partial charge in [0.1, 0.15) is 6.54 Å². The Morgan fingerprint density at radius 2 is 1.45 bits per heavy atom. The van der Waals surface area contributed by atoms with Gasteiger partial charge in [-0.3, -0.25) is 0 Å². The molecule has 0 aliphatic heterocycles. The monoisotopic (exact) mass is 387 g/mol. The third-order valence-corrected chi connectivity index (χ3v) is 6.06. The maximum atomic E-state index is 3.60. The van der Waals surface area contributed by atoms with Gasteiger partial charge < -0.3 is 5.32 Å².